The van der Waals surface area contributed by atoms with Crippen LogP contribution in [0.3, 0.4) is 0 Å². The molecule has 0 bridgehead atoms. The number of rotatable bonds is 9. The van der Waals surface area contributed by atoms with Crippen molar-refractivity contribution in [1.82, 2.24) is 10.6 Å². The Hall–Kier alpha value is -3.85. The van der Waals surface area contributed by atoms with Crippen molar-refractivity contribution in [2.45, 2.75) is 32.4 Å². The van der Waals surface area contributed by atoms with Crippen molar-refractivity contribution in [2.24, 2.45) is 0 Å². The van der Waals surface area contributed by atoms with Crippen LogP contribution in [0.4, 0.5) is 5.69 Å². The van der Waals surface area contributed by atoms with Crippen LogP contribution < -0.4 is 25.0 Å². The van der Waals surface area contributed by atoms with Crippen LogP contribution in [0.5, 0.6) is 11.5 Å². The molecule has 3 aromatic rings. The molecule has 190 valence electrons. The molecule has 2 N–H and O–H groups in total. The molecule has 0 unspecified atom stereocenters. The number of hydrogen-bond donors (Lipinski definition) is 2. The van der Waals surface area contributed by atoms with Crippen LogP contribution >= 0.6 is 11.3 Å². The first-order chi connectivity index (χ1) is 17.1. The lowest BCUT2D eigenvalue weighted by Gasteiger charge is -2.34. The lowest BCUT2D eigenvalue weighted by molar-refractivity contribution is -0.127. The summed E-state index contributed by atoms with van der Waals surface area (Å²) in [5.74, 6) is -0.389. The number of anilines is 1. The minimum atomic E-state index is -1.04. The monoisotopic (exact) mass is 509 g/mol. The summed E-state index contributed by atoms with van der Waals surface area (Å²) in [6.45, 7) is 5.27. The molecule has 2 aromatic carbocycles. The maximum atomic E-state index is 13.8. The Morgan fingerprint density at radius 3 is 2.28 bits per heavy atom. The molecule has 3 rings (SSSR count). The fourth-order valence-electron chi connectivity index (χ4n) is 3.63. The minimum Gasteiger partial charge on any atom is -0.497 e. The lowest BCUT2D eigenvalue weighted by Crippen LogP contribution is -2.51. The SMILES string of the molecule is COc1ccc(OC)c(N(C(=O)CNC(=O)c2cccs2)[C@H](C(=O)NC(C)(C)C)c2ccccc2)c1. The first kappa shape index (κ1) is 26.7. The third-order valence-corrected chi connectivity index (χ3v) is 6.05. The Bertz CT molecular complexity index is 1190. The molecule has 0 spiro atoms. The molecule has 0 aliphatic carbocycles. The third-order valence-electron chi connectivity index (χ3n) is 5.18. The summed E-state index contributed by atoms with van der Waals surface area (Å²) in [6, 6.07) is 16.4. The van der Waals surface area contributed by atoms with Crippen molar-refractivity contribution in [1.29, 1.82) is 0 Å². The van der Waals surface area contributed by atoms with E-state index in [1.54, 1.807) is 60.0 Å². The van der Waals surface area contributed by atoms with Crippen LogP contribution in [-0.2, 0) is 9.59 Å². The Balaban J connectivity index is 2.11. The van der Waals surface area contributed by atoms with Crippen molar-refractivity contribution >= 4 is 34.7 Å². The molecule has 0 aliphatic rings. The molecule has 1 atom stereocenters. The highest BCUT2D eigenvalue weighted by molar-refractivity contribution is 7.12. The lowest BCUT2D eigenvalue weighted by atomic mass is 10.0. The first-order valence-electron chi connectivity index (χ1n) is 11.4. The van der Waals surface area contributed by atoms with E-state index < -0.39 is 17.5 Å². The zero-order valence-electron chi connectivity index (χ0n) is 21.0. The molecule has 3 amide bonds. The van der Waals surface area contributed by atoms with Gasteiger partial charge in [-0.05, 0) is 49.9 Å². The molecule has 1 heterocycles. The van der Waals surface area contributed by atoms with Gasteiger partial charge in [-0.1, -0.05) is 36.4 Å². The number of carbonyl (C=O) groups excluding carboxylic acids is 3. The summed E-state index contributed by atoms with van der Waals surface area (Å²) in [5.41, 5.74) is 0.386. The fraction of sp³-hybridized carbons (Fsp3) is 0.296. The number of carbonyl (C=O) groups is 3. The van der Waals surface area contributed by atoms with Gasteiger partial charge in [0.2, 0.25) is 11.8 Å². The fourth-order valence-corrected chi connectivity index (χ4v) is 4.27. The highest BCUT2D eigenvalue weighted by Gasteiger charge is 2.36. The summed E-state index contributed by atoms with van der Waals surface area (Å²) in [5, 5.41) is 7.44. The van der Waals surface area contributed by atoms with E-state index in [4.69, 9.17) is 9.47 Å². The maximum absolute atomic E-state index is 13.8. The smallest absolute Gasteiger partial charge is 0.261 e. The topological polar surface area (TPSA) is 97.0 Å². The average molecular weight is 510 g/mol. The Morgan fingerprint density at radius 1 is 0.972 bits per heavy atom. The highest BCUT2D eigenvalue weighted by Crippen LogP contribution is 2.38. The molecule has 36 heavy (non-hydrogen) atoms. The van der Waals surface area contributed by atoms with Crippen LogP contribution in [0.25, 0.3) is 0 Å². The summed E-state index contributed by atoms with van der Waals surface area (Å²) >= 11 is 1.28. The van der Waals surface area contributed by atoms with Crippen molar-refractivity contribution in [3.05, 3.63) is 76.5 Å². The molecule has 9 heteroatoms. The van der Waals surface area contributed by atoms with E-state index in [0.29, 0.717) is 27.6 Å². The molecule has 0 radical (unpaired) electrons. The van der Waals surface area contributed by atoms with E-state index in [2.05, 4.69) is 10.6 Å². The zero-order chi connectivity index (χ0) is 26.3. The van der Waals surface area contributed by atoms with Gasteiger partial charge in [-0.3, -0.25) is 19.3 Å². The summed E-state index contributed by atoms with van der Waals surface area (Å²) in [6.07, 6.45) is 0. The van der Waals surface area contributed by atoms with E-state index >= 15 is 0 Å². The van der Waals surface area contributed by atoms with E-state index in [1.165, 1.54) is 30.5 Å². The largest absolute Gasteiger partial charge is 0.497 e. The molecular weight excluding hydrogens is 478 g/mol. The van der Waals surface area contributed by atoms with Gasteiger partial charge in [0.05, 0.1) is 31.3 Å². The summed E-state index contributed by atoms with van der Waals surface area (Å²) in [4.78, 5) is 41.9. The van der Waals surface area contributed by atoms with Crippen LogP contribution in [0.2, 0.25) is 0 Å². The van der Waals surface area contributed by atoms with Gasteiger partial charge in [0, 0.05) is 11.6 Å². The second-order valence-corrected chi connectivity index (χ2v) is 9.96. The molecule has 0 saturated heterocycles. The highest BCUT2D eigenvalue weighted by atomic mass is 32.1. The van der Waals surface area contributed by atoms with Gasteiger partial charge in [-0.15, -0.1) is 11.3 Å². The average Bonchev–Trinajstić information content (AvgIpc) is 3.40. The number of benzene rings is 2. The molecule has 0 aliphatic heterocycles. The molecular formula is C27H31N3O5S. The van der Waals surface area contributed by atoms with Crippen molar-refractivity contribution in [3.63, 3.8) is 0 Å². The number of ether oxygens (including phenoxy) is 2. The molecule has 0 saturated carbocycles. The van der Waals surface area contributed by atoms with Crippen LogP contribution in [-0.4, -0.2) is 44.0 Å². The number of hydrogen-bond acceptors (Lipinski definition) is 6. The predicted octanol–water partition coefficient (Wildman–Crippen LogP) is 4.18. The normalized spacial score (nSPS) is 11.8. The maximum Gasteiger partial charge on any atom is 0.261 e. The zero-order valence-corrected chi connectivity index (χ0v) is 21.8. The van der Waals surface area contributed by atoms with E-state index in [0.717, 1.165) is 0 Å². The van der Waals surface area contributed by atoms with E-state index in [-0.39, 0.29) is 18.4 Å². The predicted molar refractivity (Wildman–Crippen MR) is 141 cm³/mol. The van der Waals surface area contributed by atoms with Crippen LogP contribution in [0.15, 0.2) is 66.0 Å². The number of thiophene rings is 1. The van der Waals surface area contributed by atoms with Crippen molar-refractivity contribution in [2.75, 3.05) is 25.7 Å². The summed E-state index contributed by atoms with van der Waals surface area (Å²) < 4.78 is 11.0. The number of amides is 3. The minimum absolute atomic E-state index is 0.330. The van der Waals surface area contributed by atoms with Crippen LogP contribution in [0.1, 0.15) is 42.0 Å². The first-order valence-corrected chi connectivity index (χ1v) is 12.3. The Morgan fingerprint density at radius 2 is 1.69 bits per heavy atom. The third kappa shape index (κ3) is 6.63. The standard InChI is InChI=1S/C27H31N3O5S/c1-27(2,3)29-26(33)24(18-10-7-6-8-11-18)30(20-16-19(34-4)13-14-21(20)35-5)23(31)17-28-25(32)22-12-9-15-36-22/h6-16,24H,17H2,1-5H3,(H,28,32)(H,29,33)/t24-/m0/s1. The number of nitrogens with zero attached hydrogens (tertiary/aromatic N) is 1. The Labute approximate surface area is 215 Å². The number of nitrogens with one attached hydrogen (secondary N) is 2. The summed E-state index contributed by atoms with van der Waals surface area (Å²) in [7, 11) is 3.00. The number of methoxy groups -OCH3 is 2. The van der Waals surface area contributed by atoms with Gasteiger partial charge in [0.15, 0.2) is 0 Å². The molecule has 1 aromatic heterocycles. The second kappa shape index (κ2) is 11.7. The van der Waals surface area contributed by atoms with Gasteiger partial charge < -0.3 is 20.1 Å². The van der Waals surface area contributed by atoms with Gasteiger partial charge in [0.25, 0.3) is 5.91 Å². The van der Waals surface area contributed by atoms with Gasteiger partial charge in [-0.25, -0.2) is 0 Å². The molecule has 8 nitrogen and oxygen atoms in total. The van der Waals surface area contributed by atoms with Crippen LogP contribution in [0, 0.1) is 0 Å². The van der Waals surface area contributed by atoms with Gasteiger partial charge in [0.1, 0.15) is 17.5 Å². The van der Waals surface area contributed by atoms with Gasteiger partial charge >= 0.3 is 0 Å². The second-order valence-electron chi connectivity index (χ2n) is 9.01. The molecule has 0 fully saturated rings. The quantitative estimate of drug-likeness (QED) is 0.451. The Kier molecular flexibility index (Phi) is 8.71. The van der Waals surface area contributed by atoms with Crippen molar-refractivity contribution < 1.29 is 23.9 Å². The van der Waals surface area contributed by atoms with Gasteiger partial charge in [-0.2, -0.15) is 0 Å². The van der Waals surface area contributed by atoms with E-state index in [1.807, 2.05) is 26.8 Å². The van der Waals surface area contributed by atoms with Crippen molar-refractivity contribution in [3.8, 4) is 11.5 Å². The van der Waals surface area contributed by atoms with E-state index in [9.17, 15) is 14.4 Å².